The van der Waals surface area contributed by atoms with Gasteiger partial charge in [-0.3, -0.25) is 15.0 Å². The molecule has 0 saturated carbocycles. The van der Waals surface area contributed by atoms with Gasteiger partial charge in [0.1, 0.15) is 0 Å². The van der Waals surface area contributed by atoms with Crippen LogP contribution in [0.4, 0.5) is 5.69 Å². The minimum Gasteiger partial charge on any atom is -0.378 e. The van der Waals surface area contributed by atoms with E-state index >= 15 is 0 Å². The van der Waals surface area contributed by atoms with Crippen LogP contribution >= 0.6 is 35.6 Å². The molecule has 0 radical (unpaired) electrons. The minimum atomic E-state index is -0.431. The van der Waals surface area contributed by atoms with Crippen LogP contribution in [0.15, 0.2) is 53.4 Å². The number of nitrogens with zero attached hydrogens (tertiary/aromatic N) is 2. The first-order chi connectivity index (χ1) is 14.5. The summed E-state index contributed by atoms with van der Waals surface area (Å²) in [5.41, 5.74) is 4.96. The van der Waals surface area contributed by atoms with E-state index in [1.807, 2.05) is 24.3 Å². The van der Waals surface area contributed by atoms with Gasteiger partial charge in [0.05, 0.1) is 18.1 Å². The predicted octanol–water partition coefficient (Wildman–Crippen LogP) is 3.72. The van der Waals surface area contributed by atoms with E-state index < -0.39 is 5.91 Å². The van der Waals surface area contributed by atoms with Gasteiger partial charge in [-0.1, -0.05) is 35.5 Å². The Kier molecular flexibility index (Phi) is 6.38. The number of hydrazine groups is 1. The van der Waals surface area contributed by atoms with Gasteiger partial charge < -0.3 is 9.64 Å². The quantitative estimate of drug-likeness (QED) is 0.555. The number of thiocarbonyl (C=S) groups is 1. The molecule has 1 N–H and O–H groups in total. The number of nitrogens with one attached hydrogen (secondary N) is 1. The normalized spacial score (nSPS) is 18.2. The topological polar surface area (TPSA) is 61.9 Å². The summed E-state index contributed by atoms with van der Waals surface area (Å²) in [5.74, 6) is -0.788. The number of hydrogen-bond acceptors (Lipinski definition) is 6. The third-order valence-corrected chi connectivity index (χ3v) is 6.23. The molecule has 6 nitrogen and oxygen atoms in total. The lowest BCUT2D eigenvalue weighted by Crippen LogP contribution is -2.44. The first-order valence-electron chi connectivity index (χ1n) is 9.28. The third-order valence-electron chi connectivity index (χ3n) is 4.68. The molecule has 30 heavy (non-hydrogen) atoms. The molecule has 2 aromatic rings. The number of carbonyl (C=O) groups is 2. The summed E-state index contributed by atoms with van der Waals surface area (Å²) in [7, 11) is 0. The molecule has 2 aliphatic heterocycles. The van der Waals surface area contributed by atoms with Crippen LogP contribution in [-0.2, 0) is 9.53 Å². The summed E-state index contributed by atoms with van der Waals surface area (Å²) in [6.07, 6.45) is 1.77. The average Bonchev–Trinajstić information content (AvgIpc) is 3.02. The number of halogens is 1. The van der Waals surface area contributed by atoms with Gasteiger partial charge in [0.15, 0.2) is 4.32 Å². The summed E-state index contributed by atoms with van der Waals surface area (Å²) in [5, 5.41) is 1.63. The summed E-state index contributed by atoms with van der Waals surface area (Å²) in [4.78, 5) is 27.9. The Morgan fingerprint density at radius 1 is 1.10 bits per heavy atom. The predicted molar refractivity (Wildman–Crippen MR) is 123 cm³/mol. The summed E-state index contributed by atoms with van der Waals surface area (Å²) in [6, 6.07) is 14.4. The number of benzene rings is 2. The monoisotopic (exact) mass is 459 g/mol. The molecule has 9 heteroatoms. The van der Waals surface area contributed by atoms with Gasteiger partial charge in [0, 0.05) is 29.4 Å². The highest BCUT2D eigenvalue weighted by Gasteiger charge is 2.33. The number of thioether (sulfide) groups is 1. The smallest absolute Gasteiger partial charge is 0.285 e. The lowest BCUT2D eigenvalue weighted by molar-refractivity contribution is -0.123. The standard InChI is InChI=1S/C21H18ClN3O3S2/c22-16-5-3-15(4-6-16)19(26)23-25-20(27)18(30-21(25)29)13-14-1-7-17(8-2-14)24-9-11-28-12-10-24/h1-8,13H,9-12H2,(H,23,26)/b18-13+. The Hall–Kier alpha value is -2.39. The molecule has 2 heterocycles. The van der Waals surface area contributed by atoms with Gasteiger partial charge >= 0.3 is 0 Å². The number of hydrogen-bond donors (Lipinski definition) is 1. The SMILES string of the molecule is O=C(NN1C(=O)/C(=C\c2ccc(N3CCOCC3)cc2)SC1=S)c1ccc(Cl)cc1. The molecule has 4 rings (SSSR count). The van der Waals surface area contributed by atoms with E-state index in [0.29, 0.717) is 15.5 Å². The van der Waals surface area contributed by atoms with Crippen molar-refractivity contribution in [3.63, 3.8) is 0 Å². The zero-order valence-corrected chi connectivity index (χ0v) is 18.2. The van der Waals surface area contributed by atoms with E-state index in [9.17, 15) is 9.59 Å². The number of ether oxygens (including phenoxy) is 1. The van der Waals surface area contributed by atoms with Gasteiger partial charge in [-0.05, 0) is 60.3 Å². The molecule has 0 atom stereocenters. The maximum absolute atomic E-state index is 12.7. The van der Waals surface area contributed by atoms with Crippen LogP contribution in [0.2, 0.25) is 5.02 Å². The number of anilines is 1. The Balaban J connectivity index is 1.44. The Morgan fingerprint density at radius 3 is 2.43 bits per heavy atom. The number of carbonyl (C=O) groups excluding carboxylic acids is 2. The van der Waals surface area contributed by atoms with Crippen molar-refractivity contribution in [1.82, 2.24) is 10.4 Å². The van der Waals surface area contributed by atoms with Crippen molar-refractivity contribution in [2.45, 2.75) is 0 Å². The van der Waals surface area contributed by atoms with E-state index in [1.165, 1.54) is 0 Å². The van der Waals surface area contributed by atoms with Crippen molar-refractivity contribution in [3.8, 4) is 0 Å². The largest absolute Gasteiger partial charge is 0.378 e. The molecule has 154 valence electrons. The molecule has 2 saturated heterocycles. The summed E-state index contributed by atoms with van der Waals surface area (Å²) >= 11 is 12.3. The van der Waals surface area contributed by atoms with Crippen LogP contribution in [0.5, 0.6) is 0 Å². The number of rotatable bonds is 4. The summed E-state index contributed by atoms with van der Waals surface area (Å²) < 4.78 is 5.66. The van der Waals surface area contributed by atoms with E-state index in [1.54, 1.807) is 30.3 Å². The molecule has 0 unspecified atom stereocenters. The van der Waals surface area contributed by atoms with Gasteiger partial charge in [0.2, 0.25) is 0 Å². The molecule has 2 aliphatic rings. The first kappa shape index (κ1) is 20.9. The van der Waals surface area contributed by atoms with Crippen molar-refractivity contribution < 1.29 is 14.3 Å². The van der Waals surface area contributed by atoms with Gasteiger partial charge in [0.25, 0.3) is 11.8 Å². The maximum atomic E-state index is 12.7. The number of amides is 2. The van der Waals surface area contributed by atoms with Crippen molar-refractivity contribution in [3.05, 3.63) is 69.6 Å². The Bertz CT molecular complexity index is 1000. The molecule has 0 aromatic heterocycles. The molecule has 0 aliphatic carbocycles. The van der Waals surface area contributed by atoms with Crippen LogP contribution in [0, 0.1) is 0 Å². The Morgan fingerprint density at radius 2 is 1.77 bits per heavy atom. The van der Waals surface area contributed by atoms with Gasteiger partial charge in [-0.15, -0.1) is 0 Å². The molecular formula is C21H18ClN3O3S2. The van der Waals surface area contributed by atoms with Crippen molar-refractivity contribution in [2.75, 3.05) is 31.2 Å². The van der Waals surface area contributed by atoms with E-state index in [2.05, 4.69) is 10.3 Å². The lowest BCUT2D eigenvalue weighted by Gasteiger charge is -2.28. The second-order valence-electron chi connectivity index (χ2n) is 6.66. The average molecular weight is 460 g/mol. The van der Waals surface area contributed by atoms with Crippen LogP contribution in [0.1, 0.15) is 15.9 Å². The van der Waals surface area contributed by atoms with Crippen LogP contribution in [0.25, 0.3) is 6.08 Å². The molecule has 2 fully saturated rings. The van der Waals surface area contributed by atoms with E-state index in [4.69, 9.17) is 28.6 Å². The number of morpholine rings is 1. The highest BCUT2D eigenvalue weighted by atomic mass is 35.5. The van der Waals surface area contributed by atoms with Crippen molar-refractivity contribution in [2.24, 2.45) is 0 Å². The molecule has 2 aromatic carbocycles. The van der Waals surface area contributed by atoms with Crippen LogP contribution < -0.4 is 10.3 Å². The Labute approximate surface area is 188 Å². The third kappa shape index (κ3) is 4.67. The highest BCUT2D eigenvalue weighted by molar-refractivity contribution is 8.26. The van der Waals surface area contributed by atoms with Crippen LogP contribution in [0.3, 0.4) is 0 Å². The van der Waals surface area contributed by atoms with Gasteiger partial charge in [-0.25, -0.2) is 0 Å². The second-order valence-corrected chi connectivity index (χ2v) is 8.77. The second kappa shape index (κ2) is 9.18. The zero-order chi connectivity index (χ0) is 21.1. The highest BCUT2D eigenvalue weighted by Crippen LogP contribution is 2.32. The molecular weight excluding hydrogens is 442 g/mol. The van der Waals surface area contributed by atoms with Crippen molar-refractivity contribution in [1.29, 1.82) is 0 Å². The first-order valence-corrected chi connectivity index (χ1v) is 10.9. The van der Waals surface area contributed by atoms with E-state index in [0.717, 1.165) is 54.3 Å². The summed E-state index contributed by atoms with van der Waals surface area (Å²) in [6.45, 7) is 3.19. The van der Waals surface area contributed by atoms with Crippen LogP contribution in [-0.4, -0.2) is 47.4 Å². The van der Waals surface area contributed by atoms with Gasteiger partial charge in [-0.2, -0.15) is 5.01 Å². The zero-order valence-electron chi connectivity index (χ0n) is 15.8. The maximum Gasteiger partial charge on any atom is 0.285 e. The fraction of sp³-hybridized carbons (Fsp3) is 0.190. The molecule has 2 amide bonds. The minimum absolute atomic E-state index is 0.276. The fourth-order valence-corrected chi connectivity index (χ4v) is 4.39. The molecule has 0 bridgehead atoms. The molecule has 0 spiro atoms. The van der Waals surface area contributed by atoms with Crippen molar-refractivity contribution >= 4 is 63.5 Å². The van der Waals surface area contributed by atoms with E-state index in [-0.39, 0.29) is 10.2 Å². The fourth-order valence-electron chi connectivity index (χ4n) is 3.09. The lowest BCUT2D eigenvalue weighted by atomic mass is 10.1.